The van der Waals surface area contributed by atoms with Crippen molar-refractivity contribution in [3.8, 4) is 0 Å². The van der Waals surface area contributed by atoms with Crippen molar-refractivity contribution >= 4 is 17.5 Å². The van der Waals surface area contributed by atoms with Crippen LogP contribution >= 0.6 is 0 Å². The molecule has 0 bridgehead atoms. The van der Waals surface area contributed by atoms with Gasteiger partial charge in [0.05, 0.1) is 12.1 Å². The second kappa shape index (κ2) is 6.72. The van der Waals surface area contributed by atoms with Gasteiger partial charge in [0.25, 0.3) is 0 Å². The lowest BCUT2D eigenvalue weighted by Gasteiger charge is -2.21. The fourth-order valence-corrected chi connectivity index (χ4v) is 2.52. The minimum atomic E-state index is -0.450. The Morgan fingerprint density at radius 1 is 1.43 bits per heavy atom. The van der Waals surface area contributed by atoms with Crippen molar-refractivity contribution in [2.45, 2.75) is 51.6 Å². The number of fused-ring (bicyclic) bond motifs is 1. The summed E-state index contributed by atoms with van der Waals surface area (Å²) in [5.74, 6) is -0.0579. The molecular weight excluding hydrogens is 266 g/mol. The molecule has 114 valence electrons. The number of benzene rings is 1. The van der Waals surface area contributed by atoms with Gasteiger partial charge in [0, 0.05) is 12.1 Å². The van der Waals surface area contributed by atoms with Crippen LogP contribution in [0.5, 0.6) is 0 Å². The number of anilines is 1. The Labute approximate surface area is 125 Å². The number of carbonyl (C=O) groups excluding carboxylic acids is 2. The first-order valence-corrected chi connectivity index (χ1v) is 7.50. The minimum absolute atomic E-state index is 0.0575. The van der Waals surface area contributed by atoms with Gasteiger partial charge in [-0.05, 0) is 37.0 Å². The van der Waals surface area contributed by atoms with Gasteiger partial charge in [-0.15, -0.1) is 0 Å². The van der Waals surface area contributed by atoms with Crippen LogP contribution in [0.15, 0.2) is 18.2 Å². The molecule has 2 atom stereocenters. The third-order valence-electron chi connectivity index (χ3n) is 3.82. The second-order valence-corrected chi connectivity index (χ2v) is 5.59. The Morgan fingerprint density at radius 3 is 2.90 bits per heavy atom. The molecule has 0 aliphatic carbocycles. The van der Waals surface area contributed by atoms with E-state index in [-0.39, 0.29) is 17.9 Å². The number of nitrogens with two attached hydrogens (primary N) is 1. The number of carbonyl (C=O) groups is 2. The summed E-state index contributed by atoms with van der Waals surface area (Å²) in [6, 6.07) is 5.33. The molecule has 21 heavy (non-hydrogen) atoms. The highest BCUT2D eigenvalue weighted by molar-refractivity contribution is 5.93. The van der Waals surface area contributed by atoms with Crippen LogP contribution in [0.1, 0.15) is 50.3 Å². The molecule has 1 aromatic carbocycles. The van der Waals surface area contributed by atoms with Gasteiger partial charge in [0.15, 0.2) is 0 Å². The molecule has 4 N–H and O–H groups in total. The van der Waals surface area contributed by atoms with Crippen LogP contribution in [0, 0.1) is 0 Å². The summed E-state index contributed by atoms with van der Waals surface area (Å²) in [5, 5.41) is 5.80. The Hall–Kier alpha value is -1.88. The summed E-state index contributed by atoms with van der Waals surface area (Å²) in [7, 11) is 0. The number of aryl methyl sites for hydroxylation is 1. The molecule has 2 amide bonds. The van der Waals surface area contributed by atoms with Crippen molar-refractivity contribution in [2.24, 2.45) is 5.73 Å². The Kier molecular flexibility index (Phi) is 4.96. The van der Waals surface area contributed by atoms with Crippen LogP contribution < -0.4 is 16.4 Å². The molecule has 0 radical (unpaired) electrons. The van der Waals surface area contributed by atoms with Crippen LogP contribution in [0.3, 0.4) is 0 Å². The summed E-state index contributed by atoms with van der Waals surface area (Å²) in [5.41, 5.74) is 8.84. The fraction of sp³-hybridized carbons (Fsp3) is 0.500. The van der Waals surface area contributed by atoms with Crippen LogP contribution in [0.25, 0.3) is 0 Å². The number of amides is 2. The maximum Gasteiger partial charge on any atom is 0.237 e. The molecule has 0 spiro atoms. The van der Waals surface area contributed by atoms with E-state index in [0.717, 1.165) is 29.7 Å². The Bertz CT molecular complexity index is 542. The average Bonchev–Trinajstić information content (AvgIpc) is 2.46. The van der Waals surface area contributed by atoms with Crippen molar-refractivity contribution in [3.05, 3.63) is 29.3 Å². The second-order valence-electron chi connectivity index (χ2n) is 5.59. The van der Waals surface area contributed by atoms with Crippen LogP contribution in [-0.2, 0) is 16.0 Å². The predicted octanol–water partition coefficient (Wildman–Crippen LogP) is 1.88. The van der Waals surface area contributed by atoms with E-state index in [9.17, 15) is 9.59 Å². The van der Waals surface area contributed by atoms with Crippen LogP contribution in [0.4, 0.5) is 5.69 Å². The molecule has 0 aromatic heterocycles. The summed E-state index contributed by atoms with van der Waals surface area (Å²) < 4.78 is 0. The predicted molar refractivity (Wildman–Crippen MR) is 82.8 cm³/mol. The molecule has 0 fully saturated rings. The van der Waals surface area contributed by atoms with Gasteiger partial charge in [0.2, 0.25) is 11.8 Å². The molecule has 1 heterocycles. The van der Waals surface area contributed by atoms with Gasteiger partial charge in [-0.3, -0.25) is 9.59 Å². The van der Waals surface area contributed by atoms with Crippen molar-refractivity contribution < 1.29 is 9.59 Å². The number of hydrogen-bond acceptors (Lipinski definition) is 3. The number of hydrogen-bond donors (Lipinski definition) is 3. The van der Waals surface area contributed by atoms with Gasteiger partial charge in [-0.1, -0.05) is 25.5 Å². The number of nitrogens with one attached hydrogen (secondary N) is 2. The monoisotopic (exact) mass is 289 g/mol. The van der Waals surface area contributed by atoms with Gasteiger partial charge >= 0.3 is 0 Å². The van der Waals surface area contributed by atoms with E-state index >= 15 is 0 Å². The lowest BCUT2D eigenvalue weighted by atomic mass is 9.97. The quantitative estimate of drug-likeness (QED) is 0.773. The smallest absolute Gasteiger partial charge is 0.237 e. The molecule has 0 saturated carbocycles. The molecule has 0 saturated heterocycles. The van der Waals surface area contributed by atoms with Crippen LogP contribution in [-0.4, -0.2) is 17.9 Å². The first-order chi connectivity index (χ1) is 10.0. The van der Waals surface area contributed by atoms with E-state index in [4.69, 9.17) is 5.73 Å². The van der Waals surface area contributed by atoms with E-state index in [1.165, 1.54) is 0 Å². The van der Waals surface area contributed by atoms with Crippen molar-refractivity contribution in [3.63, 3.8) is 0 Å². The highest BCUT2D eigenvalue weighted by Gasteiger charge is 2.19. The van der Waals surface area contributed by atoms with Gasteiger partial charge < -0.3 is 16.4 Å². The van der Waals surface area contributed by atoms with E-state index in [0.29, 0.717) is 12.8 Å². The highest BCUT2D eigenvalue weighted by Crippen LogP contribution is 2.26. The Balaban J connectivity index is 2.04. The number of rotatable bonds is 5. The lowest BCUT2D eigenvalue weighted by molar-refractivity contribution is -0.123. The summed E-state index contributed by atoms with van der Waals surface area (Å²) in [6.45, 7) is 3.95. The van der Waals surface area contributed by atoms with E-state index in [1.807, 2.05) is 32.0 Å². The molecule has 2 unspecified atom stereocenters. The first kappa shape index (κ1) is 15.5. The van der Waals surface area contributed by atoms with Gasteiger partial charge in [-0.25, -0.2) is 0 Å². The summed E-state index contributed by atoms with van der Waals surface area (Å²) in [6.07, 6.45) is 2.83. The maximum absolute atomic E-state index is 12.0. The zero-order chi connectivity index (χ0) is 15.4. The highest BCUT2D eigenvalue weighted by atomic mass is 16.2. The normalized spacial score (nSPS) is 16.6. The van der Waals surface area contributed by atoms with E-state index < -0.39 is 6.04 Å². The van der Waals surface area contributed by atoms with Gasteiger partial charge in [0.1, 0.15) is 0 Å². The fourth-order valence-electron chi connectivity index (χ4n) is 2.52. The van der Waals surface area contributed by atoms with E-state index in [2.05, 4.69) is 10.6 Å². The molecule has 5 nitrogen and oxygen atoms in total. The molecule has 5 heteroatoms. The van der Waals surface area contributed by atoms with Crippen molar-refractivity contribution in [2.75, 3.05) is 5.32 Å². The zero-order valence-electron chi connectivity index (χ0n) is 12.6. The largest absolute Gasteiger partial charge is 0.348 e. The molecular formula is C16H23N3O2. The zero-order valence-corrected chi connectivity index (χ0v) is 12.6. The van der Waals surface area contributed by atoms with E-state index in [1.54, 1.807) is 0 Å². The first-order valence-electron chi connectivity index (χ1n) is 7.50. The Morgan fingerprint density at radius 2 is 2.19 bits per heavy atom. The minimum Gasteiger partial charge on any atom is -0.348 e. The lowest BCUT2D eigenvalue weighted by Crippen LogP contribution is -2.41. The topological polar surface area (TPSA) is 84.2 Å². The summed E-state index contributed by atoms with van der Waals surface area (Å²) >= 11 is 0. The van der Waals surface area contributed by atoms with Crippen molar-refractivity contribution in [1.82, 2.24) is 5.32 Å². The molecule has 1 aromatic rings. The molecule has 2 rings (SSSR count). The SMILES string of the molecule is CCCC(N)C(=O)NC(C)c1ccc2c(c1)CCC(=O)N2. The summed E-state index contributed by atoms with van der Waals surface area (Å²) in [4.78, 5) is 23.3. The third-order valence-corrected chi connectivity index (χ3v) is 3.82. The van der Waals surface area contributed by atoms with Crippen LogP contribution in [0.2, 0.25) is 0 Å². The third kappa shape index (κ3) is 3.82. The maximum atomic E-state index is 12.0. The van der Waals surface area contributed by atoms with Crippen molar-refractivity contribution in [1.29, 1.82) is 0 Å². The average molecular weight is 289 g/mol. The standard InChI is InChI=1S/C16H23N3O2/c1-3-4-13(17)16(21)18-10(2)11-5-7-14-12(9-11)6-8-15(20)19-14/h5,7,9-10,13H,3-4,6,8,17H2,1-2H3,(H,18,21)(H,19,20). The molecule has 1 aliphatic rings. The molecule has 1 aliphatic heterocycles. The van der Waals surface area contributed by atoms with Gasteiger partial charge in [-0.2, -0.15) is 0 Å².